The molecule has 0 atom stereocenters. The highest BCUT2D eigenvalue weighted by Gasteiger charge is 2.25. The van der Waals surface area contributed by atoms with Gasteiger partial charge >= 0.3 is 5.97 Å². The molecule has 1 aliphatic heterocycles. The summed E-state index contributed by atoms with van der Waals surface area (Å²) < 4.78 is 6.93. The fourth-order valence-electron chi connectivity index (χ4n) is 3.62. The smallest absolute Gasteiger partial charge is 0.378 e. The van der Waals surface area contributed by atoms with Crippen molar-refractivity contribution in [1.82, 2.24) is 14.8 Å². The quantitative estimate of drug-likeness (QED) is 0.418. The highest BCUT2D eigenvalue weighted by Crippen LogP contribution is 2.34. The van der Waals surface area contributed by atoms with Crippen LogP contribution in [0.5, 0.6) is 0 Å². The van der Waals surface area contributed by atoms with E-state index in [1.807, 2.05) is 84.9 Å². The number of hydrogen-bond acceptors (Lipinski definition) is 6. The number of para-hydroxylation sites is 2. The molecule has 0 N–H and O–H groups in total. The zero-order valence-corrected chi connectivity index (χ0v) is 18.4. The second-order valence-corrected chi connectivity index (χ2v) is 8.45. The van der Waals surface area contributed by atoms with Crippen molar-refractivity contribution in [1.29, 1.82) is 0 Å². The Balaban J connectivity index is 1.36. The predicted molar refractivity (Wildman–Crippen MR) is 127 cm³/mol. The van der Waals surface area contributed by atoms with E-state index in [9.17, 15) is 9.59 Å². The summed E-state index contributed by atoms with van der Waals surface area (Å²) in [6, 6.07) is 26.6. The average molecular weight is 457 g/mol. The van der Waals surface area contributed by atoms with E-state index >= 15 is 0 Å². The monoisotopic (exact) mass is 456 g/mol. The summed E-state index contributed by atoms with van der Waals surface area (Å²) in [5.74, 6) is 0.194. The summed E-state index contributed by atoms with van der Waals surface area (Å²) in [4.78, 5) is 32.7. The normalized spacial score (nSPS) is 12.8. The Kier molecular flexibility index (Phi) is 5.91. The second kappa shape index (κ2) is 9.30. The molecular formula is C25H20N4O3S. The molecule has 7 nitrogen and oxygen atoms in total. The zero-order valence-electron chi connectivity index (χ0n) is 17.6. The van der Waals surface area contributed by atoms with Crippen molar-refractivity contribution in [2.24, 2.45) is 0 Å². The van der Waals surface area contributed by atoms with E-state index in [-0.39, 0.29) is 18.3 Å². The molecule has 1 aromatic heterocycles. The molecule has 0 bridgehead atoms. The van der Waals surface area contributed by atoms with Gasteiger partial charge in [-0.3, -0.25) is 4.79 Å². The maximum absolute atomic E-state index is 12.8. The molecule has 0 saturated heterocycles. The first-order valence-corrected chi connectivity index (χ1v) is 11.5. The minimum atomic E-state index is -0.741. The van der Waals surface area contributed by atoms with E-state index in [0.717, 1.165) is 27.6 Å². The number of anilines is 1. The van der Waals surface area contributed by atoms with Crippen LogP contribution < -0.4 is 4.90 Å². The molecule has 5 rings (SSSR count). The lowest BCUT2D eigenvalue weighted by molar-refractivity contribution is -0.121. The minimum absolute atomic E-state index is 0.0971. The molecule has 0 unspecified atom stereocenters. The van der Waals surface area contributed by atoms with E-state index in [1.54, 1.807) is 21.3 Å². The SMILES string of the molecule is O=C(OCC(=O)N1CCSc2ccccc21)c1nc(-c2ccccc2)n(-c2ccccc2)n1. The molecule has 0 aliphatic carbocycles. The number of thioether (sulfide) groups is 1. The van der Waals surface area contributed by atoms with Gasteiger partial charge in [-0.1, -0.05) is 60.7 Å². The van der Waals surface area contributed by atoms with Gasteiger partial charge in [-0.2, -0.15) is 0 Å². The number of nitrogens with zero attached hydrogens (tertiary/aromatic N) is 4. The van der Waals surface area contributed by atoms with Crippen LogP contribution in [-0.2, 0) is 9.53 Å². The van der Waals surface area contributed by atoms with Crippen molar-refractivity contribution in [3.8, 4) is 17.1 Å². The first-order valence-electron chi connectivity index (χ1n) is 10.5. The molecule has 8 heteroatoms. The highest BCUT2D eigenvalue weighted by molar-refractivity contribution is 7.99. The van der Waals surface area contributed by atoms with Crippen molar-refractivity contribution in [3.63, 3.8) is 0 Å². The molecule has 0 spiro atoms. The number of rotatable bonds is 5. The van der Waals surface area contributed by atoms with Crippen LogP contribution in [0.4, 0.5) is 5.69 Å². The summed E-state index contributed by atoms with van der Waals surface area (Å²) in [6.45, 7) is 0.190. The molecule has 33 heavy (non-hydrogen) atoms. The standard InChI is InChI=1S/C25H20N4O3S/c30-22(28-15-16-33-21-14-8-7-13-20(21)28)17-32-25(31)23-26-24(18-9-3-1-4-10-18)29(27-23)19-11-5-2-6-12-19/h1-14H,15-17H2. The number of ether oxygens (including phenoxy) is 1. The Morgan fingerprint density at radius 1 is 0.909 bits per heavy atom. The number of carbonyl (C=O) groups excluding carboxylic acids is 2. The van der Waals surface area contributed by atoms with E-state index in [0.29, 0.717) is 12.4 Å². The Morgan fingerprint density at radius 3 is 2.39 bits per heavy atom. The molecule has 4 aromatic rings. The summed E-state index contributed by atoms with van der Waals surface area (Å²) in [5, 5.41) is 4.39. The van der Waals surface area contributed by atoms with Gasteiger partial charge in [-0.05, 0) is 24.3 Å². The molecule has 0 radical (unpaired) electrons. The third-order valence-corrected chi connectivity index (χ3v) is 6.22. The lowest BCUT2D eigenvalue weighted by Gasteiger charge is -2.28. The fourth-order valence-corrected chi connectivity index (χ4v) is 4.61. The van der Waals surface area contributed by atoms with Gasteiger partial charge in [-0.15, -0.1) is 16.9 Å². The van der Waals surface area contributed by atoms with Crippen molar-refractivity contribution in [2.75, 3.05) is 23.8 Å². The Labute approximate surface area is 195 Å². The summed E-state index contributed by atoms with van der Waals surface area (Å²) in [5.41, 5.74) is 2.42. The number of hydrogen-bond donors (Lipinski definition) is 0. The average Bonchev–Trinajstić information content (AvgIpc) is 3.33. The van der Waals surface area contributed by atoms with Crippen LogP contribution in [0.1, 0.15) is 10.6 Å². The Morgan fingerprint density at radius 2 is 1.61 bits per heavy atom. The van der Waals surface area contributed by atoms with Gasteiger partial charge < -0.3 is 9.64 Å². The maximum Gasteiger partial charge on any atom is 0.378 e. The number of carbonyl (C=O) groups is 2. The first-order chi connectivity index (χ1) is 16.2. The van der Waals surface area contributed by atoms with Crippen molar-refractivity contribution in [3.05, 3.63) is 90.8 Å². The van der Waals surface area contributed by atoms with E-state index in [4.69, 9.17) is 4.74 Å². The molecule has 3 aromatic carbocycles. The fraction of sp³-hybridized carbons (Fsp3) is 0.120. The van der Waals surface area contributed by atoms with Crippen LogP contribution in [0, 0.1) is 0 Å². The lowest BCUT2D eigenvalue weighted by Crippen LogP contribution is -2.38. The number of esters is 1. The van der Waals surface area contributed by atoms with Gasteiger partial charge in [0, 0.05) is 22.8 Å². The van der Waals surface area contributed by atoms with E-state index in [1.165, 1.54) is 0 Å². The molecule has 0 fully saturated rings. The topological polar surface area (TPSA) is 77.3 Å². The second-order valence-electron chi connectivity index (χ2n) is 7.31. The molecule has 1 aliphatic rings. The Bertz CT molecular complexity index is 1230. The highest BCUT2D eigenvalue weighted by atomic mass is 32.2. The number of aromatic nitrogens is 3. The molecule has 2 heterocycles. The third kappa shape index (κ3) is 4.38. The van der Waals surface area contributed by atoms with Crippen LogP contribution in [0.25, 0.3) is 17.1 Å². The van der Waals surface area contributed by atoms with Crippen LogP contribution in [0.2, 0.25) is 0 Å². The summed E-state index contributed by atoms with van der Waals surface area (Å²) in [7, 11) is 0. The minimum Gasteiger partial charge on any atom is -0.450 e. The number of benzene rings is 3. The molecule has 164 valence electrons. The van der Waals surface area contributed by atoms with Crippen LogP contribution in [-0.4, -0.2) is 45.5 Å². The van der Waals surface area contributed by atoms with Gasteiger partial charge in [0.1, 0.15) is 0 Å². The van der Waals surface area contributed by atoms with Gasteiger partial charge in [-0.25, -0.2) is 14.5 Å². The first kappa shape index (κ1) is 21.0. The summed E-state index contributed by atoms with van der Waals surface area (Å²) >= 11 is 1.71. The summed E-state index contributed by atoms with van der Waals surface area (Å²) in [6.07, 6.45) is 0. The number of amides is 1. The van der Waals surface area contributed by atoms with Crippen LogP contribution in [0.15, 0.2) is 89.8 Å². The lowest BCUT2D eigenvalue weighted by atomic mass is 10.2. The van der Waals surface area contributed by atoms with Crippen molar-refractivity contribution >= 4 is 29.3 Å². The third-order valence-electron chi connectivity index (χ3n) is 5.18. The zero-order chi connectivity index (χ0) is 22.6. The van der Waals surface area contributed by atoms with Crippen LogP contribution >= 0.6 is 11.8 Å². The largest absolute Gasteiger partial charge is 0.450 e. The van der Waals surface area contributed by atoms with Gasteiger partial charge in [0.2, 0.25) is 0 Å². The molecule has 1 amide bonds. The van der Waals surface area contributed by atoms with Crippen molar-refractivity contribution < 1.29 is 14.3 Å². The Hall–Kier alpha value is -3.91. The molecular weight excluding hydrogens is 436 g/mol. The molecule has 0 saturated carbocycles. The van der Waals surface area contributed by atoms with Gasteiger partial charge in [0.15, 0.2) is 12.4 Å². The van der Waals surface area contributed by atoms with E-state index < -0.39 is 5.97 Å². The van der Waals surface area contributed by atoms with Gasteiger partial charge in [0.25, 0.3) is 11.7 Å². The maximum atomic E-state index is 12.8. The van der Waals surface area contributed by atoms with Crippen molar-refractivity contribution in [2.45, 2.75) is 4.90 Å². The van der Waals surface area contributed by atoms with Crippen LogP contribution in [0.3, 0.4) is 0 Å². The number of fused-ring (bicyclic) bond motifs is 1. The predicted octanol–water partition coefficient (Wildman–Crippen LogP) is 4.23. The van der Waals surface area contributed by atoms with Gasteiger partial charge in [0.05, 0.1) is 11.4 Å². The van der Waals surface area contributed by atoms with E-state index in [2.05, 4.69) is 10.1 Å².